The number of pyridine rings is 2. The number of carbonyl (C=O) groups excluding carboxylic acids is 1. The average Bonchev–Trinajstić information content (AvgIpc) is 3.30. The lowest BCUT2D eigenvalue weighted by Crippen LogP contribution is -2.52. The van der Waals surface area contributed by atoms with E-state index in [1.54, 1.807) is 24.2 Å². The van der Waals surface area contributed by atoms with Crippen LogP contribution in [0.2, 0.25) is 0 Å². The molecule has 1 amide bonds. The van der Waals surface area contributed by atoms with Crippen molar-refractivity contribution < 1.29 is 27.4 Å². The van der Waals surface area contributed by atoms with Gasteiger partial charge in [0.1, 0.15) is 17.6 Å². The lowest BCUT2D eigenvalue weighted by atomic mass is 10.0. The average molecular weight is 520 g/mol. The van der Waals surface area contributed by atoms with Gasteiger partial charge in [0.25, 0.3) is 0 Å². The number of nitrogens with zero attached hydrogens (tertiary/aromatic N) is 5. The van der Waals surface area contributed by atoms with E-state index in [0.717, 1.165) is 17.3 Å². The minimum Gasteiger partial charge on any atom is -0.481 e. The summed E-state index contributed by atoms with van der Waals surface area (Å²) >= 11 is 0. The van der Waals surface area contributed by atoms with Crippen LogP contribution in [0.4, 0.5) is 30.4 Å². The molecule has 13 heteroatoms. The van der Waals surface area contributed by atoms with Crippen LogP contribution < -0.4 is 20.3 Å². The molecule has 37 heavy (non-hydrogen) atoms. The van der Waals surface area contributed by atoms with Gasteiger partial charge in [-0.15, -0.1) is 0 Å². The van der Waals surface area contributed by atoms with E-state index in [2.05, 4.69) is 25.7 Å². The summed E-state index contributed by atoms with van der Waals surface area (Å²) < 4.78 is 50.9. The molecular formula is C24H28F3N7O3. The number of rotatable bonds is 8. The molecule has 198 valence electrons. The highest BCUT2D eigenvalue weighted by molar-refractivity contribution is 6.04. The SMILES string of the molecule is COc1nc(C(F)(F)F)ccc1Cn1cc(CNc2cc3c(c(C)n2)NC(=O)[C@H]([C@@H](C)OC)N3C)cn1. The maximum absolute atomic E-state index is 12.9. The molecule has 2 N–H and O–H groups in total. The second-order valence-electron chi connectivity index (χ2n) is 8.74. The molecule has 1 aliphatic rings. The van der Waals surface area contributed by atoms with Crippen molar-refractivity contribution in [3.05, 3.63) is 53.1 Å². The second-order valence-corrected chi connectivity index (χ2v) is 8.74. The van der Waals surface area contributed by atoms with Crippen molar-refractivity contribution in [2.24, 2.45) is 0 Å². The lowest BCUT2D eigenvalue weighted by molar-refractivity contribution is -0.141. The number of ether oxygens (including phenoxy) is 2. The van der Waals surface area contributed by atoms with Crippen LogP contribution >= 0.6 is 0 Å². The summed E-state index contributed by atoms with van der Waals surface area (Å²) in [5.74, 6) is 0.364. The van der Waals surface area contributed by atoms with Crippen molar-refractivity contribution in [3.8, 4) is 5.88 Å². The number of methoxy groups -OCH3 is 2. The first-order valence-corrected chi connectivity index (χ1v) is 11.5. The monoisotopic (exact) mass is 519 g/mol. The van der Waals surface area contributed by atoms with Gasteiger partial charge in [-0.05, 0) is 26.0 Å². The molecule has 4 heterocycles. The van der Waals surface area contributed by atoms with E-state index >= 15 is 0 Å². The summed E-state index contributed by atoms with van der Waals surface area (Å²) in [6.45, 7) is 4.25. The second kappa shape index (κ2) is 10.2. The molecular weight excluding hydrogens is 491 g/mol. The molecule has 0 unspecified atom stereocenters. The maximum atomic E-state index is 12.9. The molecule has 0 aliphatic carbocycles. The quantitative estimate of drug-likeness (QED) is 0.466. The summed E-state index contributed by atoms with van der Waals surface area (Å²) in [5, 5.41) is 10.5. The van der Waals surface area contributed by atoms with E-state index in [0.29, 0.717) is 29.3 Å². The molecule has 0 saturated heterocycles. The molecule has 3 aromatic heterocycles. The molecule has 0 spiro atoms. The predicted molar refractivity (Wildman–Crippen MR) is 131 cm³/mol. The number of carbonyl (C=O) groups is 1. The van der Waals surface area contributed by atoms with Gasteiger partial charge in [0.2, 0.25) is 11.8 Å². The Morgan fingerprint density at radius 2 is 2.00 bits per heavy atom. The zero-order valence-electron chi connectivity index (χ0n) is 21.1. The van der Waals surface area contributed by atoms with Gasteiger partial charge in [-0.1, -0.05) is 0 Å². The third-order valence-electron chi connectivity index (χ3n) is 6.23. The molecule has 0 radical (unpaired) electrons. The van der Waals surface area contributed by atoms with Crippen molar-refractivity contribution in [2.75, 3.05) is 36.8 Å². The predicted octanol–water partition coefficient (Wildman–Crippen LogP) is 3.46. The fraction of sp³-hybridized carbons (Fsp3) is 0.417. The number of aromatic nitrogens is 4. The van der Waals surface area contributed by atoms with E-state index in [-0.39, 0.29) is 24.4 Å². The molecule has 0 fully saturated rings. The minimum atomic E-state index is -4.55. The van der Waals surface area contributed by atoms with Gasteiger partial charge in [-0.25, -0.2) is 9.97 Å². The van der Waals surface area contributed by atoms with Crippen LogP contribution in [0, 0.1) is 6.92 Å². The number of anilines is 3. The number of hydrogen-bond acceptors (Lipinski definition) is 8. The van der Waals surface area contributed by atoms with E-state index in [4.69, 9.17) is 9.47 Å². The highest BCUT2D eigenvalue weighted by atomic mass is 19.4. The standard InChI is InChI=1S/C24H28F3N7O3/c1-13-20-17(33(3)21(14(2)36-4)22(35)32-20)8-19(30-13)28-9-15-10-29-34(11-15)12-16-6-7-18(24(25,26)27)31-23(16)37-5/h6-8,10-11,14,21H,9,12H2,1-5H3,(H,28,30)(H,32,35)/t14-,21+/m1/s1. The summed E-state index contributed by atoms with van der Waals surface area (Å²) in [6.07, 6.45) is -1.43. The largest absolute Gasteiger partial charge is 0.481 e. The van der Waals surface area contributed by atoms with Crippen molar-refractivity contribution in [1.29, 1.82) is 0 Å². The van der Waals surface area contributed by atoms with Crippen molar-refractivity contribution in [2.45, 2.75) is 45.3 Å². The van der Waals surface area contributed by atoms with Gasteiger partial charge in [0.15, 0.2) is 0 Å². The molecule has 4 rings (SSSR count). The number of amides is 1. The maximum Gasteiger partial charge on any atom is 0.433 e. The van der Waals surface area contributed by atoms with Crippen LogP contribution in [-0.4, -0.2) is 59.1 Å². The van der Waals surface area contributed by atoms with E-state index in [1.807, 2.05) is 31.9 Å². The van der Waals surface area contributed by atoms with Crippen LogP contribution in [0.1, 0.15) is 29.4 Å². The van der Waals surface area contributed by atoms with Gasteiger partial charge in [0, 0.05) is 44.1 Å². The summed E-state index contributed by atoms with van der Waals surface area (Å²) in [6, 6.07) is 3.63. The molecule has 2 atom stereocenters. The first-order valence-electron chi connectivity index (χ1n) is 11.5. The minimum absolute atomic E-state index is 0.101. The summed E-state index contributed by atoms with van der Waals surface area (Å²) in [7, 11) is 4.69. The van der Waals surface area contributed by atoms with Crippen molar-refractivity contribution in [1.82, 2.24) is 19.7 Å². The lowest BCUT2D eigenvalue weighted by Gasteiger charge is -2.38. The van der Waals surface area contributed by atoms with Crippen LogP contribution in [0.3, 0.4) is 0 Å². The van der Waals surface area contributed by atoms with E-state index in [9.17, 15) is 18.0 Å². The third-order valence-corrected chi connectivity index (χ3v) is 6.23. The molecule has 10 nitrogen and oxygen atoms in total. The molecule has 3 aromatic rings. The fourth-order valence-corrected chi connectivity index (χ4v) is 4.23. The zero-order valence-corrected chi connectivity index (χ0v) is 21.1. The molecule has 0 bridgehead atoms. The van der Waals surface area contributed by atoms with Crippen LogP contribution in [0.5, 0.6) is 5.88 Å². The Balaban J connectivity index is 1.47. The van der Waals surface area contributed by atoms with Gasteiger partial charge in [0.05, 0.1) is 43.0 Å². The number of alkyl halides is 3. The third kappa shape index (κ3) is 5.45. The Bertz CT molecular complexity index is 1300. The highest BCUT2D eigenvalue weighted by Gasteiger charge is 2.36. The highest BCUT2D eigenvalue weighted by Crippen LogP contribution is 2.36. The molecule has 1 aliphatic heterocycles. The molecule has 0 aromatic carbocycles. The topological polar surface area (TPSA) is 106 Å². The van der Waals surface area contributed by atoms with Crippen molar-refractivity contribution >= 4 is 23.1 Å². The Morgan fingerprint density at radius 1 is 1.24 bits per heavy atom. The van der Waals surface area contributed by atoms with E-state index < -0.39 is 17.9 Å². The van der Waals surface area contributed by atoms with E-state index in [1.165, 1.54) is 13.2 Å². The first kappa shape index (κ1) is 26.2. The Hall–Kier alpha value is -3.87. The summed E-state index contributed by atoms with van der Waals surface area (Å²) in [4.78, 5) is 22.6. The smallest absolute Gasteiger partial charge is 0.433 e. The summed E-state index contributed by atoms with van der Waals surface area (Å²) in [5.41, 5.74) is 2.44. The van der Waals surface area contributed by atoms with Gasteiger partial charge >= 0.3 is 6.18 Å². The Morgan fingerprint density at radius 3 is 2.68 bits per heavy atom. The number of nitrogens with one attached hydrogen (secondary N) is 2. The van der Waals surface area contributed by atoms with Crippen LogP contribution in [0.25, 0.3) is 0 Å². The normalized spacial score (nSPS) is 16.3. The molecule has 0 saturated carbocycles. The number of aryl methyl sites for hydroxylation is 1. The Labute approximate surface area is 211 Å². The van der Waals surface area contributed by atoms with Gasteiger partial charge in [-0.2, -0.15) is 18.3 Å². The Kier molecular flexibility index (Phi) is 7.25. The van der Waals surface area contributed by atoms with Gasteiger partial charge in [-0.3, -0.25) is 9.48 Å². The zero-order chi connectivity index (χ0) is 26.9. The van der Waals surface area contributed by atoms with Crippen LogP contribution in [-0.2, 0) is 28.8 Å². The van der Waals surface area contributed by atoms with Crippen LogP contribution in [0.15, 0.2) is 30.6 Å². The number of likely N-dealkylation sites (N-methyl/N-ethyl adjacent to an activating group) is 1. The number of fused-ring (bicyclic) bond motifs is 1. The van der Waals surface area contributed by atoms with Crippen molar-refractivity contribution in [3.63, 3.8) is 0 Å². The van der Waals surface area contributed by atoms with Gasteiger partial charge < -0.3 is 25.0 Å². The number of hydrogen-bond donors (Lipinski definition) is 2. The fourth-order valence-electron chi connectivity index (χ4n) is 4.23. The first-order chi connectivity index (χ1) is 17.5. The number of halogens is 3.